The van der Waals surface area contributed by atoms with Crippen LogP contribution in [0.4, 0.5) is 0 Å². The summed E-state index contributed by atoms with van der Waals surface area (Å²) in [7, 11) is 0. The van der Waals surface area contributed by atoms with E-state index in [0.717, 1.165) is 17.2 Å². The fourth-order valence-corrected chi connectivity index (χ4v) is 2.47. The Morgan fingerprint density at radius 1 is 1.17 bits per heavy atom. The van der Waals surface area contributed by atoms with Crippen LogP contribution in [0, 0.1) is 6.92 Å². The van der Waals surface area contributed by atoms with Crippen molar-refractivity contribution in [2.45, 2.75) is 25.7 Å². The summed E-state index contributed by atoms with van der Waals surface area (Å²) in [6.45, 7) is 1.88. The number of Topliss-reactive ketones (excluding diaryl/α,β-unsaturated/α-hetero) is 1. The third-order valence-electron chi connectivity index (χ3n) is 3.35. The number of nitrogens with one attached hydrogen (secondary N) is 1. The van der Waals surface area contributed by atoms with Crippen molar-refractivity contribution in [1.29, 1.82) is 0 Å². The standard InChI is InChI=1S/C14H13NO3/c1-8-2-4-13(18-8)9-6-11-10(12(16)7-9)3-5-14(17)15-11/h2-5,9H,6-7H2,1H3,(H,15,17)/t9-/m1/s1. The highest BCUT2D eigenvalue weighted by molar-refractivity contribution is 5.98. The second-order valence-electron chi connectivity index (χ2n) is 4.69. The Balaban J connectivity index is 2.00. The SMILES string of the molecule is Cc1ccc([C@H]2CC(=O)c3ccc(=O)[nH]c3C2)o1. The van der Waals surface area contributed by atoms with Crippen LogP contribution in [-0.2, 0) is 6.42 Å². The summed E-state index contributed by atoms with van der Waals surface area (Å²) in [6.07, 6.45) is 1.08. The molecule has 1 aliphatic carbocycles. The number of ketones is 1. The number of furan rings is 1. The number of aromatic amines is 1. The highest BCUT2D eigenvalue weighted by atomic mass is 16.3. The molecule has 2 aromatic heterocycles. The lowest BCUT2D eigenvalue weighted by Crippen LogP contribution is -2.23. The molecule has 0 spiro atoms. The van der Waals surface area contributed by atoms with E-state index in [0.29, 0.717) is 18.4 Å². The molecule has 0 fully saturated rings. The molecule has 0 bridgehead atoms. The summed E-state index contributed by atoms with van der Waals surface area (Å²) < 4.78 is 5.57. The van der Waals surface area contributed by atoms with Crippen molar-refractivity contribution in [3.8, 4) is 0 Å². The molecule has 0 unspecified atom stereocenters. The number of fused-ring (bicyclic) bond motifs is 1. The zero-order valence-electron chi connectivity index (χ0n) is 10.0. The van der Waals surface area contributed by atoms with Gasteiger partial charge in [-0.2, -0.15) is 0 Å². The molecule has 1 aliphatic rings. The monoisotopic (exact) mass is 243 g/mol. The Labute approximate surface area is 104 Å². The van der Waals surface area contributed by atoms with Crippen LogP contribution in [0.25, 0.3) is 0 Å². The number of carbonyl (C=O) groups excluding carboxylic acids is 1. The first-order valence-electron chi connectivity index (χ1n) is 5.95. The van der Waals surface area contributed by atoms with Crippen molar-refractivity contribution in [3.05, 3.63) is 57.4 Å². The summed E-state index contributed by atoms with van der Waals surface area (Å²) in [5.74, 6) is 1.74. The molecule has 0 saturated heterocycles. The maximum atomic E-state index is 12.0. The van der Waals surface area contributed by atoms with E-state index in [1.165, 1.54) is 6.07 Å². The minimum Gasteiger partial charge on any atom is -0.466 e. The fourth-order valence-electron chi connectivity index (χ4n) is 2.47. The van der Waals surface area contributed by atoms with Gasteiger partial charge >= 0.3 is 0 Å². The van der Waals surface area contributed by atoms with E-state index in [9.17, 15) is 9.59 Å². The lowest BCUT2D eigenvalue weighted by molar-refractivity contribution is 0.0958. The second kappa shape index (κ2) is 3.98. The van der Waals surface area contributed by atoms with Crippen LogP contribution in [-0.4, -0.2) is 10.8 Å². The summed E-state index contributed by atoms with van der Waals surface area (Å²) in [4.78, 5) is 26.1. The molecule has 1 N–H and O–H groups in total. The van der Waals surface area contributed by atoms with E-state index in [4.69, 9.17) is 4.42 Å². The van der Waals surface area contributed by atoms with Gasteiger partial charge in [-0.15, -0.1) is 0 Å². The Hall–Kier alpha value is -2.10. The molecule has 0 amide bonds. The zero-order chi connectivity index (χ0) is 12.7. The van der Waals surface area contributed by atoms with Gasteiger partial charge in [0.25, 0.3) is 0 Å². The van der Waals surface area contributed by atoms with Crippen LogP contribution in [0.15, 0.2) is 33.5 Å². The molecule has 4 nitrogen and oxygen atoms in total. The maximum Gasteiger partial charge on any atom is 0.248 e. The van der Waals surface area contributed by atoms with Crippen molar-refractivity contribution in [2.75, 3.05) is 0 Å². The Kier molecular flexibility index (Phi) is 2.44. The van der Waals surface area contributed by atoms with E-state index in [-0.39, 0.29) is 17.3 Å². The third-order valence-corrected chi connectivity index (χ3v) is 3.35. The number of aryl methyl sites for hydroxylation is 1. The van der Waals surface area contributed by atoms with Gasteiger partial charge in [-0.05, 0) is 31.5 Å². The summed E-state index contributed by atoms with van der Waals surface area (Å²) in [5, 5.41) is 0. The highest BCUT2D eigenvalue weighted by Crippen LogP contribution is 2.31. The predicted octanol–water partition coefficient (Wildman–Crippen LogP) is 2.19. The second-order valence-corrected chi connectivity index (χ2v) is 4.69. The molecule has 4 heteroatoms. The molecule has 0 radical (unpaired) electrons. The van der Waals surface area contributed by atoms with Gasteiger partial charge < -0.3 is 9.40 Å². The van der Waals surface area contributed by atoms with Crippen molar-refractivity contribution < 1.29 is 9.21 Å². The molecule has 2 aromatic rings. The van der Waals surface area contributed by atoms with Crippen LogP contribution < -0.4 is 5.56 Å². The number of H-pyrrole nitrogens is 1. The van der Waals surface area contributed by atoms with E-state index in [2.05, 4.69) is 4.98 Å². The van der Waals surface area contributed by atoms with Gasteiger partial charge in [0.2, 0.25) is 5.56 Å². The number of rotatable bonds is 1. The van der Waals surface area contributed by atoms with E-state index < -0.39 is 0 Å². The predicted molar refractivity (Wildman–Crippen MR) is 65.9 cm³/mol. The molecular formula is C14H13NO3. The number of hydrogen-bond acceptors (Lipinski definition) is 3. The number of pyridine rings is 1. The van der Waals surface area contributed by atoms with Crippen molar-refractivity contribution >= 4 is 5.78 Å². The van der Waals surface area contributed by atoms with Gasteiger partial charge in [-0.1, -0.05) is 0 Å². The van der Waals surface area contributed by atoms with Gasteiger partial charge in [0.15, 0.2) is 5.78 Å². The molecule has 0 aromatic carbocycles. The number of carbonyl (C=O) groups is 1. The summed E-state index contributed by atoms with van der Waals surface area (Å²) >= 11 is 0. The van der Waals surface area contributed by atoms with Gasteiger partial charge in [0.05, 0.1) is 0 Å². The van der Waals surface area contributed by atoms with Crippen molar-refractivity contribution in [2.24, 2.45) is 0 Å². The number of aromatic nitrogens is 1. The minimum absolute atomic E-state index is 0.0248. The van der Waals surface area contributed by atoms with Crippen LogP contribution in [0.1, 0.15) is 39.9 Å². The first kappa shape index (κ1) is 11.0. The quantitative estimate of drug-likeness (QED) is 0.835. The van der Waals surface area contributed by atoms with Crippen LogP contribution >= 0.6 is 0 Å². The highest BCUT2D eigenvalue weighted by Gasteiger charge is 2.28. The average molecular weight is 243 g/mol. The van der Waals surface area contributed by atoms with Crippen LogP contribution in [0.5, 0.6) is 0 Å². The normalized spacial score (nSPS) is 18.7. The van der Waals surface area contributed by atoms with Crippen LogP contribution in [0.2, 0.25) is 0 Å². The first-order valence-corrected chi connectivity index (χ1v) is 5.95. The van der Waals surface area contributed by atoms with E-state index in [1.54, 1.807) is 6.07 Å². The minimum atomic E-state index is -0.169. The van der Waals surface area contributed by atoms with Gasteiger partial charge in [0, 0.05) is 29.7 Å². The Morgan fingerprint density at radius 3 is 2.72 bits per heavy atom. The molecule has 18 heavy (non-hydrogen) atoms. The molecule has 1 atom stereocenters. The summed E-state index contributed by atoms with van der Waals surface area (Å²) in [5.41, 5.74) is 1.18. The van der Waals surface area contributed by atoms with Gasteiger partial charge in [-0.25, -0.2) is 0 Å². The first-order chi connectivity index (χ1) is 8.63. The summed E-state index contributed by atoms with van der Waals surface area (Å²) in [6, 6.07) is 6.80. The van der Waals surface area contributed by atoms with Crippen LogP contribution in [0.3, 0.4) is 0 Å². The lowest BCUT2D eigenvalue weighted by atomic mass is 9.84. The van der Waals surface area contributed by atoms with Crippen molar-refractivity contribution in [1.82, 2.24) is 4.98 Å². The van der Waals surface area contributed by atoms with Gasteiger partial charge in [0.1, 0.15) is 11.5 Å². The number of hydrogen-bond donors (Lipinski definition) is 1. The molecule has 92 valence electrons. The lowest BCUT2D eigenvalue weighted by Gasteiger charge is -2.21. The fraction of sp³-hybridized carbons (Fsp3) is 0.286. The topological polar surface area (TPSA) is 63.1 Å². The third kappa shape index (κ3) is 1.79. The Bertz CT molecular complexity index is 666. The average Bonchev–Trinajstić information content (AvgIpc) is 2.75. The smallest absolute Gasteiger partial charge is 0.248 e. The molecule has 0 aliphatic heterocycles. The molecule has 2 heterocycles. The Morgan fingerprint density at radius 2 is 2.00 bits per heavy atom. The van der Waals surface area contributed by atoms with E-state index in [1.807, 2.05) is 19.1 Å². The molecular weight excluding hydrogens is 230 g/mol. The zero-order valence-corrected chi connectivity index (χ0v) is 10.0. The largest absolute Gasteiger partial charge is 0.466 e. The molecule has 3 rings (SSSR count). The van der Waals surface area contributed by atoms with Crippen molar-refractivity contribution in [3.63, 3.8) is 0 Å². The van der Waals surface area contributed by atoms with E-state index >= 15 is 0 Å². The van der Waals surface area contributed by atoms with Gasteiger partial charge in [-0.3, -0.25) is 9.59 Å². The maximum absolute atomic E-state index is 12.0. The molecule has 0 saturated carbocycles.